The fourth-order valence-corrected chi connectivity index (χ4v) is 3.89. The molecule has 0 aromatic carbocycles. The number of hydrogen-bond donors (Lipinski definition) is 5. The molecule has 0 aliphatic carbocycles. The number of carboxylic acids is 2. The molecule has 2 heterocycles. The van der Waals surface area contributed by atoms with E-state index in [2.05, 4.69) is 6.58 Å². The van der Waals surface area contributed by atoms with Gasteiger partial charge in [0, 0.05) is 12.7 Å². The lowest BCUT2D eigenvalue weighted by molar-refractivity contribution is -0.345. The molecule has 2 saturated heterocycles. The lowest BCUT2D eigenvalue weighted by atomic mass is 9.94. The van der Waals surface area contributed by atoms with E-state index in [0.717, 1.165) is 0 Å². The van der Waals surface area contributed by atoms with E-state index in [1.165, 1.54) is 21.0 Å². The van der Waals surface area contributed by atoms with Crippen molar-refractivity contribution >= 4 is 17.9 Å². The van der Waals surface area contributed by atoms with Crippen LogP contribution in [-0.2, 0) is 47.5 Å². The van der Waals surface area contributed by atoms with Gasteiger partial charge in [0.15, 0.2) is 12.4 Å². The van der Waals surface area contributed by atoms with E-state index in [1.54, 1.807) is 0 Å². The fraction of sp³-hybridized carbons (Fsp3) is 0.773. The third kappa shape index (κ3) is 8.39. The molecule has 5 N–H and O–H groups in total. The van der Waals surface area contributed by atoms with E-state index in [1.807, 2.05) is 0 Å². The average molecular weight is 538 g/mol. The Hall–Kier alpha value is -2.21. The van der Waals surface area contributed by atoms with E-state index in [4.69, 9.17) is 43.4 Å². The molecule has 2 fully saturated rings. The molecule has 10 unspecified atom stereocenters. The number of ether oxygens (including phenoxy) is 7. The van der Waals surface area contributed by atoms with Crippen LogP contribution in [0.4, 0.5) is 0 Å². The topological polar surface area (TPSA) is 217 Å². The number of rotatable bonds is 13. The number of carboxylic acid groups (broad SMARTS) is 2. The predicted octanol–water partition coefficient (Wildman–Crippen LogP) is -2.33. The Morgan fingerprint density at radius 1 is 0.838 bits per heavy atom. The van der Waals surface area contributed by atoms with Crippen molar-refractivity contribution in [3.05, 3.63) is 12.2 Å². The van der Waals surface area contributed by atoms with Gasteiger partial charge in [0.25, 0.3) is 0 Å². The van der Waals surface area contributed by atoms with E-state index >= 15 is 0 Å². The van der Waals surface area contributed by atoms with Gasteiger partial charge in [-0.25, -0.2) is 14.4 Å². The van der Waals surface area contributed by atoms with Gasteiger partial charge in [-0.1, -0.05) is 6.58 Å². The van der Waals surface area contributed by atoms with E-state index in [0.29, 0.717) is 0 Å². The highest BCUT2D eigenvalue weighted by atomic mass is 16.7. The molecular weight excluding hydrogens is 504 g/mol. The van der Waals surface area contributed by atoms with Crippen LogP contribution in [0.1, 0.15) is 13.8 Å². The first-order valence-electron chi connectivity index (χ1n) is 11.4. The maximum atomic E-state index is 12.3. The molecule has 0 aromatic rings. The zero-order chi connectivity index (χ0) is 27.9. The fourth-order valence-electron chi connectivity index (χ4n) is 3.89. The first kappa shape index (κ1) is 31.0. The Kier molecular flexibility index (Phi) is 11.8. The van der Waals surface area contributed by atoms with Crippen LogP contribution in [0.3, 0.4) is 0 Å². The smallest absolute Gasteiger partial charge is 0.333 e. The van der Waals surface area contributed by atoms with Crippen LogP contribution < -0.4 is 0 Å². The zero-order valence-corrected chi connectivity index (χ0v) is 20.6. The van der Waals surface area contributed by atoms with Crippen molar-refractivity contribution in [1.29, 1.82) is 0 Å². The molecule has 0 saturated carbocycles. The van der Waals surface area contributed by atoms with Crippen molar-refractivity contribution in [1.82, 2.24) is 0 Å². The minimum atomic E-state index is -1.60. The van der Waals surface area contributed by atoms with Gasteiger partial charge in [0.05, 0.1) is 19.3 Å². The van der Waals surface area contributed by atoms with Gasteiger partial charge >= 0.3 is 17.9 Å². The van der Waals surface area contributed by atoms with Gasteiger partial charge in [0.1, 0.15) is 55.9 Å². The highest BCUT2D eigenvalue weighted by Gasteiger charge is 2.52. The lowest BCUT2D eigenvalue weighted by Gasteiger charge is -2.47. The number of hydrogen-bond acceptors (Lipinski definition) is 13. The van der Waals surface area contributed by atoms with Gasteiger partial charge in [0.2, 0.25) is 0 Å². The molecule has 0 aromatic heterocycles. The maximum absolute atomic E-state index is 12.3. The number of esters is 1. The molecule has 15 nitrogen and oxygen atoms in total. The van der Waals surface area contributed by atoms with Crippen LogP contribution in [0.15, 0.2) is 12.2 Å². The monoisotopic (exact) mass is 538 g/mol. The van der Waals surface area contributed by atoms with E-state index < -0.39 is 92.3 Å². The zero-order valence-electron chi connectivity index (χ0n) is 20.6. The molecule has 212 valence electrons. The Balaban J connectivity index is 2.32. The first-order chi connectivity index (χ1) is 17.4. The Morgan fingerprint density at radius 3 is 1.86 bits per heavy atom. The molecule has 0 radical (unpaired) electrons. The molecule has 2 rings (SSSR count). The molecule has 2 aliphatic heterocycles. The Labute approximate surface area is 212 Å². The molecule has 2 aliphatic rings. The van der Waals surface area contributed by atoms with Crippen molar-refractivity contribution in [3.8, 4) is 0 Å². The lowest BCUT2D eigenvalue weighted by Crippen LogP contribution is -2.65. The van der Waals surface area contributed by atoms with Crippen LogP contribution in [0.2, 0.25) is 0 Å². The van der Waals surface area contributed by atoms with Gasteiger partial charge < -0.3 is 58.7 Å². The van der Waals surface area contributed by atoms with Crippen molar-refractivity contribution < 1.29 is 73.1 Å². The summed E-state index contributed by atoms with van der Waals surface area (Å²) >= 11 is 0. The molecule has 15 heteroatoms. The maximum Gasteiger partial charge on any atom is 0.333 e. The highest BCUT2D eigenvalue weighted by molar-refractivity contribution is 5.87. The van der Waals surface area contributed by atoms with E-state index in [9.17, 15) is 29.7 Å². The molecule has 0 bridgehead atoms. The number of carbonyl (C=O) groups excluding carboxylic acids is 1. The number of aliphatic hydroxyl groups is 3. The second-order valence-electron chi connectivity index (χ2n) is 8.66. The third-order valence-electron chi connectivity index (χ3n) is 5.71. The largest absolute Gasteiger partial charge is 0.480 e. The van der Waals surface area contributed by atoms with Crippen LogP contribution in [0, 0.1) is 0 Å². The summed E-state index contributed by atoms with van der Waals surface area (Å²) in [6.07, 6.45) is -13.4. The SMILES string of the molecule is C=C(C)C(=O)OC1C(OC2C(COCC(=O)O)OC(C)C(O)C2O)OC(COCC(=O)O)C(OC)C1O. The van der Waals surface area contributed by atoms with Crippen molar-refractivity contribution in [2.45, 2.75) is 75.1 Å². The number of aliphatic carboxylic acids is 2. The standard InChI is InChI=1S/C22H34O15/c1-9(2)21(30)36-20-17(29)18(31-4)11(5-32-7-13(23)24)35-22(20)37-19-12(6-33-8-14(25)26)34-10(3)15(27)16(19)28/h10-12,15-20,22,27-29H,1,5-8H2,2-4H3,(H,23,24)(H,25,26). The third-order valence-corrected chi connectivity index (χ3v) is 5.71. The minimum Gasteiger partial charge on any atom is -0.480 e. The molecule has 37 heavy (non-hydrogen) atoms. The Bertz CT molecular complexity index is 803. The van der Waals surface area contributed by atoms with Crippen LogP contribution in [-0.4, -0.2) is 138 Å². The van der Waals surface area contributed by atoms with Gasteiger partial charge in [-0.05, 0) is 13.8 Å². The summed E-state index contributed by atoms with van der Waals surface area (Å²) in [4.78, 5) is 33.9. The van der Waals surface area contributed by atoms with Crippen molar-refractivity contribution in [3.63, 3.8) is 0 Å². The molecular formula is C22H34O15. The van der Waals surface area contributed by atoms with Gasteiger partial charge in [-0.3, -0.25) is 0 Å². The van der Waals surface area contributed by atoms with Crippen LogP contribution in [0.25, 0.3) is 0 Å². The predicted molar refractivity (Wildman–Crippen MR) is 118 cm³/mol. The average Bonchev–Trinajstić information content (AvgIpc) is 2.81. The summed E-state index contributed by atoms with van der Waals surface area (Å²) in [5.74, 6) is -3.39. The van der Waals surface area contributed by atoms with Crippen LogP contribution >= 0.6 is 0 Å². The molecule has 0 amide bonds. The summed E-state index contributed by atoms with van der Waals surface area (Å²) < 4.78 is 38.1. The van der Waals surface area contributed by atoms with Gasteiger partial charge in [-0.15, -0.1) is 0 Å². The van der Waals surface area contributed by atoms with Crippen LogP contribution in [0.5, 0.6) is 0 Å². The number of aliphatic hydroxyl groups excluding tert-OH is 3. The second-order valence-corrected chi connectivity index (χ2v) is 8.66. The number of methoxy groups -OCH3 is 1. The normalized spacial score (nSPS) is 36.1. The summed E-state index contributed by atoms with van der Waals surface area (Å²) in [6, 6.07) is 0. The molecule has 10 atom stereocenters. The first-order valence-corrected chi connectivity index (χ1v) is 11.4. The summed E-state index contributed by atoms with van der Waals surface area (Å²) in [7, 11) is 1.24. The second kappa shape index (κ2) is 14.1. The summed E-state index contributed by atoms with van der Waals surface area (Å²) in [6.45, 7) is 4.27. The van der Waals surface area contributed by atoms with E-state index in [-0.39, 0.29) is 18.8 Å². The van der Waals surface area contributed by atoms with Crippen molar-refractivity contribution in [2.75, 3.05) is 33.5 Å². The Morgan fingerprint density at radius 2 is 1.38 bits per heavy atom. The summed E-state index contributed by atoms with van der Waals surface area (Å²) in [5.41, 5.74) is -0.00272. The minimum absolute atomic E-state index is 0.00272. The van der Waals surface area contributed by atoms with Crippen molar-refractivity contribution in [2.24, 2.45) is 0 Å². The quantitative estimate of drug-likeness (QED) is 0.123. The molecule has 0 spiro atoms. The summed E-state index contributed by atoms with van der Waals surface area (Å²) in [5, 5.41) is 49.7. The highest BCUT2D eigenvalue weighted by Crippen LogP contribution is 2.32. The van der Waals surface area contributed by atoms with Gasteiger partial charge in [-0.2, -0.15) is 0 Å². The number of carbonyl (C=O) groups is 3.